The van der Waals surface area contributed by atoms with Crippen LogP contribution >= 0.6 is 12.2 Å². The van der Waals surface area contributed by atoms with Crippen molar-refractivity contribution in [2.45, 2.75) is 12.8 Å². The Kier molecular flexibility index (Phi) is 3.29. The molecule has 3 nitrogen and oxygen atoms in total. The summed E-state index contributed by atoms with van der Waals surface area (Å²) in [6, 6.07) is 5.52. The molecular weight excluding hydrogens is 222 g/mol. The first-order chi connectivity index (χ1) is 7.69. The maximum Gasteiger partial charge on any atom is 0.123 e. The lowest BCUT2D eigenvalue weighted by Gasteiger charge is -2.09. The van der Waals surface area contributed by atoms with Gasteiger partial charge in [-0.3, -0.25) is 0 Å². The summed E-state index contributed by atoms with van der Waals surface area (Å²) in [6.07, 6.45) is 2.54. The molecule has 1 aromatic carbocycles. The van der Waals surface area contributed by atoms with Crippen molar-refractivity contribution in [3.8, 4) is 11.5 Å². The summed E-state index contributed by atoms with van der Waals surface area (Å²) in [5.41, 5.74) is 6.37. The zero-order chi connectivity index (χ0) is 11.5. The molecule has 0 amide bonds. The second-order valence-corrected chi connectivity index (χ2v) is 4.46. The van der Waals surface area contributed by atoms with Crippen molar-refractivity contribution in [2.24, 2.45) is 11.7 Å². The number of nitrogens with two attached hydrogens (primary N) is 1. The largest absolute Gasteiger partial charge is 0.497 e. The van der Waals surface area contributed by atoms with Crippen LogP contribution in [0.3, 0.4) is 0 Å². The van der Waals surface area contributed by atoms with E-state index in [9.17, 15) is 0 Å². The molecular formula is C12H15NO2S. The van der Waals surface area contributed by atoms with Crippen LogP contribution in [-0.4, -0.2) is 18.7 Å². The van der Waals surface area contributed by atoms with Crippen molar-refractivity contribution in [1.29, 1.82) is 0 Å². The van der Waals surface area contributed by atoms with Gasteiger partial charge in [-0.15, -0.1) is 0 Å². The molecule has 0 aliphatic heterocycles. The van der Waals surface area contributed by atoms with E-state index in [1.54, 1.807) is 7.11 Å². The minimum atomic E-state index is 0.357. The van der Waals surface area contributed by atoms with Crippen molar-refractivity contribution < 1.29 is 9.47 Å². The van der Waals surface area contributed by atoms with Gasteiger partial charge < -0.3 is 15.2 Å². The molecule has 1 saturated carbocycles. The van der Waals surface area contributed by atoms with E-state index in [-0.39, 0.29) is 0 Å². The zero-order valence-corrected chi connectivity index (χ0v) is 10.0. The number of thiocarbonyl (C=S) groups is 1. The molecule has 0 aromatic heterocycles. The van der Waals surface area contributed by atoms with Crippen LogP contribution < -0.4 is 15.2 Å². The molecule has 0 spiro atoms. The quantitative estimate of drug-likeness (QED) is 0.797. The van der Waals surface area contributed by atoms with Gasteiger partial charge in [0.15, 0.2) is 0 Å². The summed E-state index contributed by atoms with van der Waals surface area (Å²) in [6.45, 7) is 0.768. The third-order valence-electron chi connectivity index (χ3n) is 2.58. The van der Waals surface area contributed by atoms with Gasteiger partial charge in [0.1, 0.15) is 16.5 Å². The molecule has 2 rings (SSSR count). The molecule has 0 heterocycles. The predicted octanol–water partition coefficient (Wildman–Crippen LogP) is 2.12. The fraction of sp³-hybridized carbons (Fsp3) is 0.417. The topological polar surface area (TPSA) is 44.5 Å². The van der Waals surface area contributed by atoms with Gasteiger partial charge in [-0.25, -0.2) is 0 Å². The minimum absolute atomic E-state index is 0.357. The van der Waals surface area contributed by atoms with E-state index in [1.165, 1.54) is 12.8 Å². The average Bonchev–Trinajstić information content (AvgIpc) is 3.09. The standard InChI is InChI=1S/C12H15NO2S/c1-14-10-4-9(12(13)16)5-11(6-10)15-7-8-2-3-8/h4-6,8H,2-3,7H2,1H3,(H2,13,16). The fourth-order valence-electron chi connectivity index (χ4n) is 1.41. The maximum atomic E-state index is 5.67. The molecule has 16 heavy (non-hydrogen) atoms. The number of hydrogen-bond acceptors (Lipinski definition) is 3. The van der Waals surface area contributed by atoms with E-state index >= 15 is 0 Å². The Morgan fingerprint density at radius 3 is 2.62 bits per heavy atom. The summed E-state index contributed by atoms with van der Waals surface area (Å²) in [5, 5.41) is 0. The van der Waals surface area contributed by atoms with Crippen molar-refractivity contribution in [2.75, 3.05) is 13.7 Å². The third kappa shape index (κ3) is 2.85. The zero-order valence-electron chi connectivity index (χ0n) is 9.23. The van der Waals surface area contributed by atoms with E-state index < -0.39 is 0 Å². The Labute approximate surface area is 101 Å². The molecule has 86 valence electrons. The lowest BCUT2D eigenvalue weighted by Crippen LogP contribution is -2.10. The van der Waals surface area contributed by atoms with E-state index in [0.29, 0.717) is 4.99 Å². The first-order valence-electron chi connectivity index (χ1n) is 5.30. The average molecular weight is 237 g/mol. The van der Waals surface area contributed by atoms with E-state index in [4.69, 9.17) is 27.4 Å². The summed E-state index contributed by atoms with van der Waals surface area (Å²) in [7, 11) is 1.61. The molecule has 1 fully saturated rings. The number of rotatable bonds is 5. The maximum absolute atomic E-state index is 5.67. The number of ether oxygens (including phenoxy) is 2. The van der Waals surface area contributed by atoms with Gasteiger partial charge in [0.2, 0.25) is 0 Å². The molecule has 0 saturated heterocycles. The lowest BCUT2D eigenvalue weighted by molar-refractivity contribution is 0.297. The Hall–Kier alpha value is -1.29. The second-order valence-electron chi connectivity index (χ2n) is 4.02. The summed E-state index contributed by atoms with van der Waals surface area (Å²) in [4.78, 5) is 0.357. The van der Waals surface area contributed by atoms with Crippen molar-refractivity contribution >= 4 is 17.2 Å². The first-order valence-corrected chi connectivity index (χ1v) is 5.71. The van der Waals surface area contributed by atoms with Crippen LogP contribution in [0, 0.1) is 5.92 Å². The predicted molar refractivity (Wildman–Crippen MR) is 67.1 cm³/mol. The van der Waals surface area contributed by atoms with Crippen molar-refractivity contribution in [1.82, 2.24) is 0 Å². The second kappa shape index (κ2) is 4.70. The lowest BCUT2D eigenvalue weighted by atomic mass is 10.2. The Morgan fingerprint density at radius 1 is 1.38 bits per heavy atom. The first kappa shape index (κ1) is 11.2. The highest BCUT2D eigenvalue weighted by molar-refractivity contribution is 7.80. The molecule has 0 unspecified atom stereocenters. The number of hydrogen-bond donors (Lipinski definition) is 1. The highest BCUT2D eigenvalue weighted by Gasteiger charge is 2.22. The summed E-state index contributed by atoms with van der Waals surface area (Å²) < 4.78 is 10.8. The van der Waals surface area contributed by atoms with Gasteiger partial charge in [0.25, 0.3) is 0 Å². The Morgan fingerprint density at radius 2 is 2.06 bits per heavy atom. The molecule has 1 aliphatic carbocycles. The van der Waals surface area contributed by atoms with Crippen LogP contribution in [0.25, 0.3) is 0 Å². The van der Waals surface area contributed by atoms with Crippen LogP contribution in [0.15, 0.2) is 18.2 Å². The van der Waals surface area contributed by atoms with E-state index in [1.807, 2.05) is 18.2 Å². The number of methoxy groups -OCH3 is 1. The Bertz CT molecular complexity index is 402. The van der Waals surface area contributed by atoms with Gasteiger partial charge in [-0.2, -0.15) is 0 Å². The van der Waals surface area contributed by atoms with E-state index in [2.05, 4.69) is 0 Å². The molecule has 4 heteroatoms. The van der Waals surface area contributed by atoms with Crippen LogP contribution in [0.4, 0.5) is 0 Å². The molecule has 1 aliphatic rings. The number of benzene rings is 1. The van der Waals surface area contributed by atoms with Crippen LogP contribution in [0.5, 0.6) is 11.5 Å². The highest BCUT2D eigenvalue weighted by Crippen LogP contribution is 2.30. The molecule has 0 radical (unpaired) electrons. The van der Waals surface area contributed by atoms with Crippen LogP contribution in [0.2, 0.25) is 0 Å². The van der Waals surface area contributed by atoms with Gasteiger partial charge >= 0.3 is 0 Å². The van der Waals surface area contributed by atoms with Crippen molar-refractivity contribution in [3.63, 3.8) is 0 Å². The SMILES string of the molecule is COc1cc(OCC2CC2)cc(C(N)=S)c1. The smallest absolute Gasteiger partial charge is 0.123 e. The molecule has 0 atom stereocenters. The van der Waals surface area contributed by atoms with Gasteiger partial charge in [0, 0.05) is 11.6 Å². The minimum Gasteiger partial charge on any atom is -0.497 e. The van der Waals surface area contributed by atoms with Gasteiger partial charge in [-0.05, 0) is 30.9 Å². The molecule has 2 N–H and O–H groups in total. The summed E-state index contributed by atoms with van der Waals surface area (Å²) in [5.74, 6) is 2.21. The summed E-state index contributed by atoms with van der Waals surface area (Å²) >= 11 is 4.94. The molecule has 1 aromatic rings. The van der Waals surface area contributed by atoms with Crippen LogP contribution in [-0.2, 0) is 0 Å². The van der Waals surface area contributed by atoms with Crippen LogP contribution in [0.1, 0.15) is 18.4 Å². The van der Waals surface area contributed by atoms with Gasteiger partial charge in [-0.1, -0.05) is 12.2 Å². The van der Waals surface area contributed by atoms with E-state index in [0.717, 1.165) is 29.6 Å². The normalized spacial score (nSPS) is 14.6. The fourth-order valence-corrected chi connectivity index (χ4v) is 1.53. The monoisotopic (exact) mass is 237 g/mol. The Balaban J connectivity index is 2.14. The van der Waals surface area contributed by atoms with Gasteiger partial charge in [0.05, 0.1) is 13.7 Å². The third-order valence-corrected chi connectivity index (χ3v) is 2.82. The van der Waals surface area contributed by atoms with Crippen molar-refractivity contribution in [3.05, 3.63) is 23.8 Å². The molecule has 0 bridgehead atoms. The highest BCUT2D eigenvalue weighted by atomic mass is 32.1.